The first kappa shape index (κ1) is 19.4. The van der Waals surface area contributed by atoms with Gasteiger partial charge in [-0.15, -0.1) is 0 Å². The van der Waals surface area contributed by atoms with E-state index in [4.69, 9.17) is 4.84 Å². The molecule has 1 N–H and O–H groups in total. The first-order chi connectivity index (χ1) is 13.5. The third-order valence-corrected chi connectivity index (χ3v) is 4.38. The van der Waals surface area contributed by atoms with Crippen molar-refractivity contribution in [1.29, 1.82) is 0 Å². The lowest BCUT2D eigenvalue weighted by Gasteiger charge is -2.12. The fraction of sp³-hybridized carbons (Fsp3) is 0.227. The largest absolute Gasteiger partial charge is 0.396 e. The van der Waals surface area contributed by atoms with E-state index in [9.17, 15) is 4.79 Å². The van der Waals surface area contributed by atoms with Gasteiger partial charge in [0.25, 0.3) is 5.91 Å². The number of amides is 1. The van der Waals surface area contributed by atoms with Crippen LogP contribution < -0.4 is 5.32 Å². The number of hydrogen-bond acceptors (Lipinski definition) is 4. The molecule has 1 heterocycles. The van der Waals surface area contributed by atoms with Gasteiger partial charge in [-0.25, -0.2) is 0 Å². The van der Waals surface area contributed by atoms with Crippen molar-refractivity contribution in [2.75, 3.05) is 11.9 Å². The van der Waals surface area contributed by atoms with Crippen LogP contribution in [0.15, 0.2) is 59.9 Å². The van der Waals surface area contributed by atoms with Crippen LogP contribution in [0, 0.1) is 6.92 Å². The van der Waals surface area contributed by atoms with E-state index in [0.717, 1.165) is 28.1 Å². The van der Waals surface area contributed by atoms with Crippen LogP contribution in [0.4, 0.5) is 5.69 Å². The van der Waals surface area contributed by atoms with Crippen LogP contribution in [0.2, 0.25) is 0 Å². The van der Waals surface area contributed by atoms with Crippen molar-refractivity contribution in [3.63, 3.8) is 0 Å². The summed E-state index contributed by atoms with van der Waals surface area (Å²) in [5.74, 6) is -0.172. The number of aromatic nitrogens is 2. The summed E-state index contributed by atoms with van der Waals surface area (Å²) in [7, 11) is 1.80. The molecule has 0 unspecified atom stereocenters. The average Bonchev–Trinajstić information content (AvgIpc) is 3.05. The fourth-order valence-electron chi connectivity index (χ4n) is 2.96. The Kier molecular flexibility index (Phi) is 5.89. The lowest BCUT2D eigenvalue weighted by molar-refractivity contribution is 0.102. The van der Waals surface area contributed by atoms with Gasteiger partial charge in [-0.2, -0.15) is 5.10 Å². The van der Waals surface area contributed by atoms with Crippen molar-refractivity contribution in [2.24, 2.45) is 12.2 Å². The highest BCUT2D eigenvalue weighted by Crippen LogP contribution is 2.28. The molecule has 1 aromatic heterocycles. The number of aryl methyl sites for hydroxylation is 2. The summed E-state index contributed by atoms with van der Waals surface area (Å²) < 4.78 is 1.64. The number of benzene rings is 2. The van der Waals surface area contributed by atoms with Crippen LogP contribution >= 0.6 is 0 Å². The molecule has 6 heteroatoms. The number of nitrogens with zero attached hydrogens (tertiary/aromatic N) is 3. The quantitative estimate of drug-likeness (QED) is 0.512. The third-order valence-electron chi connectivity index (χ3n) is 4.38. The first-order valence-corrected chi connectivity index (χ1v) is 9.17. The molecule has 0 saturated heterocycles. The van der Waals surface area contributed by atoms with Gasteiger partial charge in [0.05, 0.1) is 17.0 Å². The molecule has 0 spiro atoms. The molecule has 0 fully saturated rings. The van der Waals surface area contributed by atoms with Gasteiger partial charge in [-0.3, -0.25) is 9.48 Å². The van der Waals surface area contributed by atoms with E-state index in [-0.39, 0.29) is 5.91 Å². The molecule has 144 valence electrons. The Morgan fingerprint density at radius 1 is 1.18 bits per heavy atom. The second kappa shape index (κ2) is 8.52. The Balaban J connectivity index is 1.86. The second-order valence-electron chi connectivity index (χ2n) is 6.47. The summed E-state index contributed by atoms with van der Waals surface area (Å²) in [4.78, 5) is 17.8. The standard InChI is InChI=1S/C22H24N4O2/c1-5-28-25-15(2)17-10-12-18(13-11-17)19-8-6-7-9-21(19)23-22(27)20-14-26(4)24-16(20)3/h6-14H,5H2,1-4H3,(H,23,27). The molecule has 0 saturated carbocycles. The number of hydrogen-bond donors (Lipinski definition) is 1. The predicted octanol–water partition coefficient (Wildman–Crippen LogP) is 4.41. The number of anilines is 1. The van der Waals surface area contributed by atoms with Crippen molar-refractivity contribution in [3.05, 3.63) is 71.5 Å². The summed E-state index contributed by atoms with van der Waals surface area (Å²) in [6.45, 7) is 6.18. The van der Waals surface area contributed by atoms with Gasteiger partial charge in [-0.05, 0) is 38.0 Å². The van der Waals surface area contributed by atoms with Gasteiger partial charge >= 0.3 is 0 Å². The molecule has 28 heavy (non-hydrogen) atoms. The third kappa shape index (κ3) is 4.28. The summed E-state index contributed by atoms with van der Waals surface area (Å²) in [5, 5.41) is 11.3. The monoisotopic (exact) mass is 376 g/mol. The van der Waals surface area contributed by atoms with E-state index in [1.807, 2.05) is 69.3 Å². The van der Waals surface area contributed by atoms with Crippen LogP contribution in [0.5, 0.6) is 0 Å². The Hall–Kier alpha value is -3.41. The normalized spacial score (nSPS) is 11.4. The maximum Gasteiger partial charge on any atom is 0.259 e. The first-order valence-electron chi connectivity index (χ1n) is 9.17. The molecule has 6 nitrogen and oxygen atoms in total. The van der Waals surface area contributed by atoms with E-state index in [1.165, 1.54) is 0 Å². The number of oxime groups is 1. The van der Waals surface area contributed by atoms with E-state index in [0.29, 0.717) is 17.9 Å². The molecule has 0 bridgehead atoms. The van der Waals surface area contributed by atoms with Crippen molar-refractivity contribution in [1.82, 2.24) is 9.78 Å². The van der Waals surface area contributed by atoms with Crippen LogP contribution in [0.1, 0.15) is 35.5 Å². The maximum absolute atomic E-state index is 12.7. The zero-order valence-corrected chi connectivity index (χ0v) is 16.6. The Bertz CT molecular complexity index is 1000. The van der Waals surface area contributed by atoms with Crippen molar-refractivity contribution in [3.8, 4) is 11.1 Å². The number of nitrogens with one attached hydrogen (secondary N) is 1. The van der Waals surface area contributed by atoms with Crippen LogP contribution in [0.3, 0.4) is 0 Å². The van der Waals surface area contributed by atoms with Crippen LogP contribution in [0.25, 0.3) is 11.1 Å². The lowest BCUT2D eigenvalue weighted by atomic mass is 10.0. The molecule has 0 aliphatic carbocycles. The minimum atomic E-state index is -0.172. The van der Waals surface area contributed by atoms with Crippen molar-refractivity contribution in [2.45, 2.75) is 20.8 Å². The second-order valence-corrected chi connectivity index (χ2v) is 6.47. The topological polar surface area (TPSA) is 68.5 Å². The summed E-state index contributed by atoms with van der Waals surface area (Å²) >= 11 is 0. The lowest BCUT2D eigenvalue weighted by Crippen LogP contribution is -2.13. The smallest absolute Gasteiger partial charge is 0.259 e. The zero-order valence-electron chi connectivity index (χ0n) is 16.6. The Labute approximate surface area is 164 Å². The molecule has 1 amide bonds. The molecule has 2 aromatic carbocycles. The number of carbonyl (C=O) groups is 1. The highest BCUT2D eigenvalue weighted by molar-refractivity contribution is 6.07. The Morgan fingerprint density at radius 3 is 2.54 bits per heavy atom. The summed E-state index contributed by atoms with van der Waals surface area (Å²) in [6.07, 6.45) is 1.72. The van der Waals surface area contributed by atoms with Gasteiger partial charge in [0, 0.05) is 24.5 Å². The molecular weight excluding hydrogens is 352 g/mol. The summed E-state index contributed by atoms with van der Waals surface area (Å²) in [6, 6.07) is 15.8. The van der Waals surface area contributed by atoms with Gasteiger partial charge in [0.1, 0.15) is 6.61 Å². The van der Waals surface area contributed by atoms with Crippen molar-refractivity contribution >= 4 is 17.3 Å². The molecule has 0 aliphatic rings. The van der Waals surface area contributed by atoms with Gasteiger partial charge in [-0.1, -0.05) is 47.6 Å². The van der Waals surface area contributed by atoms with Gasteiger partial charge in [0.2, 0.25) is 0 Å². The minimum Gasteiger partial charge on any atom is -0.396 e. The van der Waals surface area contributed by atoms with Gasteiger partial charge < -0.3 is 10.2 Å². The predicted molar refractivity (Wildman–Crippen MR) is 112 cm³/mol. The highest BCUT2D eigenvalue weighted by atomic mass is 16.6. The molecule has 0 radical (unpaired) electrons. The van der Waals surface area contributed by atoms with Crippen molar-refractivity contribution < 1.29 is 9.63 Å². The van der Waals surface area contributed by atoms with E-state index < -0.39 is 0 Å². The molecule has 0 aliphatic heterocycles. The zero-order chi connectivity index (χ0) is 20.1. The minimum absolute atomic E-state index is 0.172. The van der Waals surface area contributed by atoms with E-state index in [1.54, 1.807) is 17.9 Å². The number of para-hydroxylation sites is 1. The molecular formula is C22H24N4O2. The Morgan fingerprint density at radius 2 is 1.89 bits per heavy atom. The number of rotatable bonds is 6. The van der Waals surface area contributed by atoms with E-state index >= 15 is 0 Å². The SMILES string of the molecule is CCON=C(C)c1ccc(-c2ccccc2NC(=O)c2cn(C)nc2C)cc1. The maximum atomic E-state index is 12.7. The van der Waals surface area contributed by atoms with E-state index in [2.05, 4.69) is 15.6 Å². The average molecular weight is 376 g/mol. The molecule has 0 atom stereocenters. The van der Waals surface area contributed by atoms with Crippen LogP contribution in [-0.4, -0.2) is 28.0 Å². The number of carbonyl (C=O) groups excluding carboxylic acids is 1. The highest BCUT2D eigenvalue weighted by Gasteiger charge is 2.14. The van der Waals surface area contributed by atoms with Crippen LogP contribution in [-0.2, 0) is 11.9 Å². The molecule has 3 aromatic rings. The fourth-order valence-corrected chi connectivity index (χ4v) is 2.96. The van der Waals surface area contributed by atoms with Gasteiger partial charge in [0.15, 0.2) is 0 Å². The molecule has 3 rings (SSSR count). The summed E-state index contributed by atoms with van der Waals surface area (Å²) in [5.41, 5.74) is 5.78.